The van der Waals surface area contributed by atoms with E-state index in [1.54, 1.807) is 55.4 Å². The Balaban J connectivity index is 1.96. The van der Waals surface area contributed by atoms with Crippen LogP contribution >= 0.6 is 23.6 Å². The summed E-state index contributed by atoms with van der Waals surface area (Å²) in [6, 6.07) is 8.81. The first kappa shape index (κ1) is 18.0. The molecule has 2 aromatic heterocycles. The van der Waals surface area contributed by atoms with Gasteiger partial charge >= 0.3 is 0 Å². The van der Waals surface area contributed by atoms with E-state index in [4.69, 9.17) is 31.8 Å². The number of carbonyl (C=O) groups excluding carboxylic acids is 1. The Morgan fingerprint density at radius 2 is 2.15 bits per heavy atom. The van der Waals surface area contributed by atoms with Gasteiger partial charge in [0, 0.05) is 6.07 Å². The zero-order chi connectivity index (χ0) is 18.7. The molecule has 0 bridgehead atoms. The maximum absolute atomic E-state index is 12.5. The summed E-state index contributed by atoms with van der Waals surface area (Å²) in [5.41, 5.74) is 6.83. The molecular formula is C17H17N3O4S2. The summed E-state index contributed by atoms with van der Waals surface area (Å²) in [6.07, 6.45) is 1.55. The van der Waals surface area contributed by atoms with Crippen LogP contribution in [-0.4, -0.2) is 24.7 Å². The van der Waals surface area contributed by atoms with Gasteiger partial charge in [0.15, 0.2) is 3.95 Å². The third-order valence-electron chi connectivity index (χ3n) is 3.68. The number of furan rings is 1. The van der Waals surface area contributed by atoms with Gasteiger partial charge in [-0.1, -0.05) is 11.3 Å². The van der Waals surface area contributed by atoms with Gasteiger partial charge < -0.3 is 24.9 Å². The summed E-state index contributed by atoms with van der Waals surface area (Å²) in [4.78, 5) is 12.8. The number of nitrogens with two attached hydrogens (primary N) is 1. The topological polar surface area (TPSA) is 91.6 Å². The van der Waals surface area contributed by atoms with Gasteiger partial charge in [0.1, 0.15) is 28.0 Å². The van der Waals surface area contributed by atoms with Crippen LogP contribution in [0.3, 0.4) is 0 Å². The van der Waals surface area contributed by atoms with Crippen LogP contribution in [0.4, 0.5) is 5.82 Å². The number of hydrogen-bond acceptors (Lipinski definition) is 7. The van der Waals surface area contributed by atoms with E-state index in [2.05, 4.69) is 5.32 Å². The van der Waals surface area contributed by atoms with Gasteiger partial charge in [0.2, 0.25) is 0 Å². The second-order valence-corrected chi connectivity index (χ2v) is 6.86. The first-order valence-corrected chi connectivity index (χ1v) is 8.82. The Kier molecular flexibility index (Phi) is 5.29. The predicted molar refractivity (Wildman–Crippen MR) is 102 cm³/mol. The van der Waals surface area contributed by atoms with Crippen LogP contribution in [0.2, 0.25) is 0 Å². The fourth-order valence-corrected chi connectivity index (χ4v) is 3.68. The zero-order valence-corrected chi connectivity index (χ0v) is 15.8. The van der Waals surface area contributed by atoms with Crippen LogP contribution in [0.5, 0.6) is 11.5 Å². The van der Waals surface area contributed by atoms with Crippen molar-refractivity contribution < 1.29 is 18.7 Å². The summed E-state index contributed by atoms with van der Waals surface area (Å²) in [5.74, 6) is 1.75. The lowest BCUT2D eigenvalue weighted by atomic mass is 10.2. The van der Waals surface area contributed by atoms with Crippen LogP contribution < -0.4 is 20.5 Å². The Morgan fingerprint density at radius 3 is 2.81 bits per heavy atom. The minimum Gasteiger partial charge on any atom is -0.497 e. The lowest BCUT2D eigenvalue weighted by molar-refractivity contribution is 0.0952. The van der Waals surface area contributed by atoms with Crippen molar-refractivity contribution in [1.82, 2.24) is 9.88 Å². The van der Waals surface area contributed by atoms with E-state index in [1.807, 2.05) is 0 Å². The maximum atomic E-state index is 12.5. The van der Waals surface area contributed by atoms with Crippen LogP contribution in [0.25, 0.3) is 5.69 Å². The van der Waals surface area contributed by atoms with Crippen molar-refractivity contribution >= 4 is 35.3 Å². The van der Waals surface area contributed by atoms with Crippen LogP contribution in [0.1, 0.15) is 15.4 Å². The van der Waals surface area contributed by atoms with E-state index in [0.29, 0.717) is 31.8 Å². The lowest BCUT2D eigenvalue weighted by Gasteiger charge is -2.13. The molecule has 0 aliphatic carbocycles. The molecule has 3 rings (SSSR count). The number of hydrogen-bond donors (Lipinski definition) is 2. The van der Waals surface area contributed by atoms with Gasteiger partial charge in [-0.15, -0.1) is 0 Å². The molecule has 0 aliphatic rings. The van der Waals surface area contributed by atoms with E-state index in [1.165, 1.54) is 0 Å². The highest BCUT2D eigenvalue weighted by molar-refractivity contribution is 7.73. The quantitative estimate of drug-likeness (QED) is 0.626. The van der Waals surface area contributed by atoms with Crippen LogP contribution in [-0.2, 0) is 6.54 Å². The Hall–Kier alpha value is -2.78. The van der Waals surface area contributed by atoms with Crippen molar-refractivity contribution in [1.29, 1.82) is 0 Å². The Morgan fingerprint density at radius 1 is 1.35 bits per heavy atom. The van der Waals surface area contributed by atoms with Gasteiger partial charge in [0.25, 0.3) is 5.91 Å². The van der Waals surface area contributed by atoms with Crippen molar-refractivity contribution in [3.8, 4) is 17.2 Å². The summed E-state index contributed by atoms with van der Waals surface area (Å²) in [5, 5.41) is 2.77. The van der Waals surface area contributed by atoms with E-state index >= 15 is 0 Å². The number of anilines is 1. The molecule has 0 radical (unpaired) electrons. The minimum absolute atomic E-state index is 0.239. The third kappa shape index (κ3) is 3.44. The highest BCUT2D eigenvalue weighted by Gasteiger charge is 2.20. The number of aromatic nitrogens is 1. The molecule has 9 heteroatoms. The number of rotatable bonds is 6. The van der Waals surface area contributed by atoms with Gasteiger partial charge in [0.05, 0.1) is 32.7 Å². The number of thiazole rings is 1. The summed E-state index contributed by atoms with van der Waals surface area (Å²) < 4.78 is 17.9. The average Bonchev–Trinajstić information content (AvgIpc) is 3.27. The first-order chi connectivity index (χ1) is 12.5. The molecule has 0 unspecified atom stereocenters. The van der Waals surface area contributed by atoms with Gasteiger partial charge in [-0.2, -0.15) is 0 Å². The number of methoxy groups -OCH3 is 2. The number of nitrogen functional groups attached to an aromatic ring is 1. The lowest BCUT2D eigenvalue weighted by Crippen LogP contribution is -2.22. The molecule has 1 aromatic carbocycles. The van der Waals surface area contributed by atoms with E-state index < -0.39 is 0 Å². The molecule has 0 atom stereocenters. The second-order valence-electron chi connectivity index (χ2n) is 5.22. The fraction of sp³-hybridized carbons (Fsp3) is 0.176. The van der Waals surface area contributed by atoms with E-state index in [0.717, 1.165) is 11.3 Å². The average molecular weight is 391 g/mol. The van der Waals surface area contributed by atoms with Crippen molar-refractivity contribution in [3.05, 3.63) is 51.2 Å². The summed E-state index contributed by atoms with van der Waals surface area (Å²) in [6.45, 7) is 0.262. The summed E-state index contributed by atoms with van der Waals surface area (Å²) >= 11 is 6.55. The van der Waals surface area contributed by atoms with Gasteiger partial charge in [-0.3, -0.25) is 9.36 Å². The number of nitrogens with one attached hydrogen (secondary N) is 1. The molecule has 3 aromatic rings. The molecule has 0 saturated heterocycles. The molecule has 1 amide bonds. The molecule has 26 heavy (non-hydrogen) atoms. The SMILES string of the molecule is COc1ccc(OC)c(-n2c(N)c(C(=O)NCc3ccco3)sc2=S)c1. The molecule has 0 aliphatic heterocycles. The largest absolute Gasteiger partial charge is 0.497 e. The fourth-order valence-electron chi connectivity index (χ4n) is 2.41. The predicted octanol–water partition coefficient (Wildman–Crippen LogP) is 3.39. The highest BCUT2D eigenvalue weighted by atomic mass is 32.1. The molecule has 7 nitrogen and oxygen atoms in total. The number of benzene rings is 1. The molecule has 0 fully saturated rings. The smallest absolute Gasteiger partial charge is 0.265 e. The minimum atomic E-state index is -0.324. The van der Waals surface area contributed by atoms with Gasteiger partial charge in [-0.25, -0.2) is 0 Å². The Bertz CT molecular complexity index is 977. The molecule has 136 valence electrons. The van der Waals surface area contributed by atoms with Crippen molar-refractivity contribution in [2.45, 2.75) is 6.54 Å². The normalized spacial score (nSPS) is 10.5. The van der Waals surface area contributed by atoms with Crippen molar-refractivity contribution in [3.63, 3.8) is 0 Å². The molecule has 0 spiro atoms. The van der Waals surface area contributed by atoms with Crippen molar-refractivity contribution in [2.75, 3.05) is 20.0 Å². The van der Waals surface area contributed by atoms with Crippen molar-refractivity contribution in [2.24, 2.45) is 0 Å². The third-order valence-corrected chi connectivity index (χ3v) is 5.07. The number of amides is 1. The standard InChI is InChI=1S/C17H17N3O4S2/c1-22-10-5-6-13(23-2)12(8-10)20-15(18)14(26-17(20)25)16(21)19-9-11-4-3-7-24-11/h3-8H,9,18H2,1-2H3,(H,19,21). The molecule has 3 N–H and O–H groups in total. The van der Waals surface area contributed by atoms with Gasteiger partial charge in [-0.05, 0) is 36.5 Å². The molecule has 0 saturated carbocycles. The number of ether oxygens (including phenoxy) is 2. The maximum Gasteiger partial charge on any atom is 0.265 e. The van der Waals surface area contributed by atoms with Crippen LogP contribution in [0.15, 0.2) is 41.0 Å². The molecule has 2 heterocycles. The Labute approximate surface area is 159 Å². The number of nitrogens with zero attached hydrogens (tertiary/aromatic N) is 1. The summed E-state index contributed by atoms with van der Waals surface area (Å²) in [7, 11) is 3.11. The van der Waals surface area contributed by atoms with E-state index in [-0.39, 0.29) is 18.3 Å². The first-order valence-electron chi connectivity index (χ1n) is 7.59. The molecular weight excluding hydrogens is 374 g/mol. The van der Waals surface area contributed by atoms with E-state index in [9.17, 15) is 4.79 Å². The zero-order valence-electron chi connectivity index (χ0n) is 14.1. The second kappa shape index (κ2) is 7.63. The van der Waals surface area contributed by atoms with Crippen LogP contribution in [0, 0.1) is 3.95 Å². The monoisotopic (exact) mass is 391 g/mol. The highest BCUT2D eigenvalue weighted by Crippen LogP contribution is 2.33. The number of carbonyl (C=O) groups is 1.